The molecule has 1 saturated heterocycles. The lowest BCUT2D eigenvalue weighted by atomic mass is 9.75. The Bertz CT molecular complexity index is 764. The minimum atomic E-state index is -0.604. The molecule has 132 valence electrons. The van der Waals surface area contributed by atoms with Gasteiger partial charge in [-0.1, -0.05) is 19.3 Å². The Kier molecular flexibility index (Phi) is 4.62. The second-order valence-corrected chi connectivity index (χ2v) is 7.22. The van der Waals surface area contributed by atoms with Crippen molar-refractivity contribution in [1.29, 1.82) is 0 Å². The monoisotopic (exact) mass is 334 g/mol. The van der Waals surface area contributed by atoms with E-state index in [0.717, 1.165) is 34.6 Å². The number of fused-ring (bicyclic) bond motifs is 1. The summed E-state index contributed by atoms with van der Waals surface area (Å²) < 4.78 is 2.10. The summed E-state index contributed by atoms with van der Waals surface area (Å²) in [6.45, 7) is 2.00. The minimum absolute atomic E-state index is 0.0411. The maximum atomic E-state index is 12.7. The summed E-state index contributed by atoms with van der Waals surface area (Å²) >= 11 is 0. The van der Waals surface area contributed by atoms with Gasteiger partial charge in [0.25, 0.3) is 5.56 Å². The minimum Gasteiger partial charge on any atom is -0.384 e. The highest BCUT2D eigenvalue weighted by molar-refractivity contribution is 6.01. The van der Waals surface area contributed by atoms with Crippen LogP contribution >= 0.6 is 0 Å². The van der Waals surface area contributed by atoms with Gasteiger partial charge in [-0.05, 0) is 31.2 Å². The fraction of sp³-hybridized carbons (Fsp3) is 0.706. The van der Waals surface area contributed by atoms with Crippen LogP contribution in [-0.2, 0) is 14.1 Å². The first-order valence-corrected chi connectivity index (χ1v) is 8.71. The van der Waals surface area contributed by atoms with Gasteiger partial charge in [-0.3, -0.25) is 23.6 Å². The number of piperidine rings is 1. The maximum absolute atomic E-state index is 12.7. The van der Waals surface area contributed by atoms with Crippen molar-refractivity contribution in [2.75, 3.05) is 25.4 Å². The van der Waals surface area contributed by atoms with Gasteiger partial charge in [-0.25, -0.2) is 4.79 Å². The van der Waals surface area contributed by atoms with Crippen LogP contribution in [0.15, 0.2) is 9.59 Å². The van der Waals surface area contributed by atoms with E-state index < -0.39 is 11.2 Å². The molecule has 3 rings (SSSR count). The van der Waals surface area contributed by atoms with Gasteiger partial charge in [0.15, 0.2) is 5.78 Å². The predicted molar refractivity (Wildman–Crippen MR) is 92.2 cm³/mol. The first-order chi connectivity index (χ1) is 11.4. The second-order valence-electron chi connectivity index (χ2n) is 7.22. The molecule has 1 aliphatic heterocycles. The molecule has 0 unspecified atom stereocenters. The van der Waals surface area contributed by atoms with Gasteiger partial charge in [0.1, 0.15) is 11.4 Å². The van der Waals surface area contributed by atoms with Gasteiger partial charge in [0, 0.05) is 20.6 Å². The topological polar surface area (TPSA) is 90.3 Å². The lowest BCUT2D eigenvalue weighted by Crippen LogP contribution is -2.46. The molecule has 1 aliphatic carbocycles. The van der Waals surface area contributed by atoms with Gasteiger partial charge >= 0.3 is 5.69 Å². The van der Waals surface area contributed by atoms with E-state index in [1.807, 2.05) is 0 Å². The molecule has 2 fully saturated rings. The number of carbonyl (C=O) groups is 1. The summed E-state index contributed by atoms with van der Waals surface area (Å²) in [5.74, 6) is 1.12. The SMILES string of the molecule is Cn1c(N)c(C(=O)CN2CC[C@@H]3CCCC[C@@H]3C2)c(=O)n(C)c1=O. The van der Waals surface area contributed by atoms with E-state index in [1.165, 1.54) is 39.8 Å². The van der Waals surface area contributed by atoms with Crippen molar-refractivity contribution in [2.45, 2.75) is 32.1 Å². The Morgan fingerprint density at radius 2 is 1.75 bits per heavy atom. The molecule has 0 radical (unpaired) electrons. The van der Waals surface area contributed by atoms with Crippen LogP contribution in [0.4, 0.5) is 5.82 Å². The zero-order valence-electron chi connectivity index (χ0n) is 14.5. The van der Waals surface area contributed by atoms with Crippen LogP contribution in [0, 0.1) is 11.8 Å². The number of carbonyl (C=O) groups excluding carboxylic acids is 1. The lowest BCUT2D eigenvalue weighted by Gasteiger charge is -2.41. The smallest absolute Gasteiger partial charge is 0.332 e. The predicted octanol–water partition coefficient (Wildman–Crippen LogP) is 0.361. The highest BCUT2D eigenvalue weighted by atomic mass is 16.2. The van der Waals surface area contributed by atoms with E-state index >= 15 is 0 Å². The number of hydrogen-bond acceptors (Lipinski definition) is 5. The highest BCUT2D eigenvalue weighted by Crippen LogP contribution is 2.35. The molecule has 2 N–H and O–H groups in total. The molecule has 2 heterocycles. The van der Waals surface area contributed by atoms with Crippen LogP contribution in [0.1, 0.15) is 42.5 Å². The molecule has 1 aromatic heterocycles. The molecule has 2 aliphatic rings. The van der Waals surface area contributed by atoms with Crippen molar-refractivity contribution in [1.82, 2.24) is 14.0 Å². The van der Waals surface area contributed by atoms with Gasteiger partial charge in [-0.15, -0.1) is 0 Å². The van der Waals surface area contributed by atoms with Crippen molar-refractivity contribution in [3.05, 3.63) is 26.4 Å². The van der Waals surface area contributed by atoms with Gasteiger partial charge < -0.3 is 5.73 Å². The first-order valence-electron chi connectivity index (χ1n) is 8.71. The molecule has 2 atom stereocenters. The summed E-state index contributed by atoms with van der Waals surface area (Å²) in [6.07, 6.45) is 6.26. The fourth-order valence-corrected chi connectivity index (χ4v) is 4.22. The normalized spacial score (nSPS) is 24.6. The van der Waals surface area contributed by atoms with E-state index in [0.29, 0.717) is 5.92 Å². The Balaban J connectivity index is 1.79. The van der Waals surface area contributed by atoms with Crippen molar-refractivity contribution < 1.29 is 4.79 Å². The third-order valence-electron chi connectivity index (χ3n) is 5.73. The van der Waals surface area contributed by atoms with Crippen LogP contribution in [0.2, 0.25) is 0 Å². The molecule has 7 heteroatoms. The second kappa shape index (κ2) is 6.55. The van der Waals surface area contributed by atoms with Crippen molar-refractivity contribution >= 4 is 11.6 Å². The zero-order valence-corrected chi connectivity index (χ0v) is 14.5. The molecule has 7 nitrogen and oxygen atoms in total. The molecule has 1 saturated carbocycles. The quantitative estimate of drug-likeness (QED) is 0.806. The molecule has 0 bridgehead atoms. The third-order valence-corrected chi connectivity index (χ3v) is 5.73. The zero-order chi connectivity index (χ0) is 17.4. The van der Waals surface area contributed by atoms with E-state index in [2.05, 4.69) is 4.90 Å². The average Bonchev–Trinajstić information content (AvgIpc) is 2.58. The largest absolute Gasteiger partial charge is 0.384 e. The highest BCUT2D eigenvalue weighted by Gasteiger charge is 2.32. The molecule has 24 heavy (non-hydrogen) atoms. The van der Waals surface area contributed by atoms with Crippen LogP contribution in [0.25, 0.3) is 0 Å². The number of rotatable bonds is 3. The van der Waals surface area contributed by atoms with Gasteiger partial charge in [-0.2, -0.15) is 0 Å². The molecule has 0 spiro atoms. The summed E-state index contributed by atoms with van der Waals surface area (Å²) in [6, 6.07) is 0. The van der Waals surface area contributed by atoms with Crippen LogP contribution in [0.3, 0.4) is 0 Å². The third kappa shape index (κ3) is 2.92. The number of aromatic nitrogens is 2. The molecule has 1 aromatic rings. The van der Waals surface area contributed by atoms with E-state index in [9.17, 15) is 14.4 Å². The Labute approximate surface area is 141 Å². The maximum Gasteiger partial charge on any atom is 0.332 e. The number of hydrogen-bond donors (Lipinski definition) is 1. The summed E-state index contributed by atoms with van der Waals surface area (Å²) in [4.78, 5) is 39.0. The molecular weight excluding hydrogens is 308 g/mol. The van der Waals surface area contributed by atoms with E-state index in [-0.39, 0.29) is 23.7 Å². The van der Waals surface area contributed by atoms with Crippen LogP contribution in [0.5, 0.6) is 0 Å². The summed E-state index contributed by atoms with van der Waals surface area (Å²) in [5.41, 5.74) is 4.69. The molecule has 0 amide bonds. The van der Waals surface area contributed by atoms with Crippen molar-refractivity contribution in [2.24, 2.45) is 25.9 Å². The van der Waals surface area contributed by atoms with Gasteiger partial charge in [0.05, 0.1) is 6.54 Å². The van der Waals surface area contributed by atoms with Crippen molar-refractivity contribution in [3.63, 3.8) is 0 Å². The first kappa shape index (κ1) is 17.0. The molecule has 0 aromatic carbocycles. The van der Waals surface area contributed by atoms with E-state index in [4.69, 9.17) is 5.73 Å². The average molecular weight is 334 g/mol. The Morgan fingerprint density at radius 3 is 2.46 bits per heavy atom. The Hall–Kier alpha value is -1.89. The summed E-state index contributed by atoms with van der Waals surface area (Å²) in [7, 11) is 2.84. The number of nitrogens with zero attached hydrogens (tertiary/aromatic N) is 3. The Morgan fingerprint density at radius 1 is 1.08 bits per heavy atom. The fourth-order valence-electron chi connectivity index (χ4n) is 4.22. The van der Waals surface area contributed by atoms with Crippen LogP contribution in [-0.4, -0.2) is 39.5 Å². The number of nitrogen functional groups attached to an aromatic ring is 1. The number of likely N-dealkylation sites (tertiary alicyclic amines) is 1. The number of ketones is 1. The number of anilines is 1. The lowest BCUT2D eigenvalue weighted by molar-refractivity contribution is 0.0711. The summed E-state index contributed by atoms with van der Waals surface area (Å²) in [5, 5.41) is 0. The standard InChI is InChI=1S/C17H26N4O3/c1-19-15(18)14(16(23)20(2)17(19)24)13(22)10-21-8-7-11-5-3-4-6-12(11)9-21/h11-12H,3-10,18H2,1-2H3/t11-,12+/m0/s1. The number of nitrogens with two attached hydrogens (primary N) is 1. The van der Waals surface area contributed by atoms with E-state index in [1.54, 1.807) is 0 Å². The number of Topliss-reactive ketones (excluding diaryl/α,β-unsaturated/α-hetero) is 1. The van der Waals surface area contributed by atoms with Gasteiger partial charge in [0.2, 0.25) is 0 Å². The van der Waals surface area contributed by atoms with Crippen LogP contribution < -0.4 is 17.0 Å². The van der Waals surface area contributed by atoms with Crippen molar-refractivity contribution in [3.8, 4) is 0 Å². The molecular formula is C17H26N4O3.